The first-order chi connectivity index (χ1) is 8.95. The molecule has 5 nitrogen and oxygen atoms in total. The average Bonchev–Trinajstić information content (AvgIpc) is 2.37. The van der Waals surface area contributed by atoms with Gasteiger partial charge in [-0.3, -0.25) is 0 Å². The first kappa shape index (κ1) is 15.9. The molecule has 0 amide bonds. The molecule has 6 heteroatoms. The Labute approximate surface area is 115 Å². The molecule has 0 heterocycles. The molecule has 0 aliphatic heterocycles. The maximum atomic E-state index is 12.5. The van der Waals surface area contributed by atoms with Gasteiger partial charge in [-0.15, -0.1) is 0 Å². The van der Waals surface area contributed by atoms with E-state index in [4.69, 9.17) is 10.5 Å². The molecule has 0 bridgehead atoms. The number of nitrogen functional groups attached to an aromatic ring is 1. The number of likely N-dealkylation sites (N-methyl/N-ethyl adjacent to an activating group) is 1. The van der Waals surface area contributed by atoms with E-state index in [0.717, 1.165) is 0 Å². The molecule has 0 spiro atoms. The summed E-state index contributed by atoms with van der Waals surface area (Å²) in [6.45, 7) is 7.14. The Morgan fingerprint density at radius 3 is 2.58 bits per heavy atom. The van der Waals surface area contributed by atoms with Crippen molar-refractivity contribution in [1.82, 2.24) is 4.31 Å². The normalized spacial score (nSPS) is 12.0. The van der Waals surface area contributed by atoms with Crippen LogP contribution in [0.2, 0.25) is 0 Å². The van der Waals surface area contributed by atoms with Crippen molar-refractivity contribution in [3.8, 4) is 0 Å². The standard InChI is InChI=1S/C13H22N2O3S/c1-4-15(9-10-18-5-2)19(16,17)13-8-6-7-12(14)11(13)3/h6-8H,4-5,9-10,14H2,1-3H3. The fraction of sp³-hybridized carbons (Fsp3) is 0.538. The first-order valence-corrected chi connectivity index (χ1v) is 7.82. The van der Waals surface area contributed by atoms with Gasteiger partial charge in [0.2, 0.25) is 10.0 Å². The van der Waals surface area contributed by atoms with Gasteiger partial charge in [-0.25, -0.2) is 8.42 Å². The quantitative estimate of drug-likeness (QED) is 0.611. The molecular formula is C13H22N2O3S. The third kappa shape index (κ3) is 3.68. The summed E-state index contributed by atoms with van der Waals surface area (Å²) in [5.41, 5.74) is 6.86. The van der Waals surface area contributed by atoms with Crippen LogP contribution in [0.5, 0.6) is 0 Å². The van der Waals surface area contributed by atoms with Crippen molar-refractivity contribution in [3.05, 3.63) is 23.8 Å². The molecular weight excluding hydrogens is 264 g/mol. The lowest BCUT2D eigenvalue weighted by Gasteiger charge is -2.21. The molecule has 0 radical (unpaired) electrons. The third-order valence-corrected chi connectivity index (χ3v) is 5.10. The summed E-state index contributed by atoms with van der Waals surface area (Å²) in [5.74, 6) is 0. The van der Waals surface area contributed by atoms with Crippen LogP contribution in [0.15, 0.2) is 23.1 Å². The molecule has 108 valence electrons. The largest absolute Gasteiger partial charge is 0.398 e. The number of hydrogen-bond donors (Lipinski definition) is 1. The SMILES string of the molecule is CCOCCN(CC)S(=O)(=O)c1cccc(N)c1C. The molecule has 2 N–H and O–H groups in total. The molecule has 0 unspecified atom stereocenters. The van der Waals surface area contributed by atoms with E-state index in [1.165, 1.54) is 4.31 Å². The van der Waals surface area contributed by atoms with Crippen LogP contribution in [0, 0.1) is 6.92 Å². The van der Waals surface area contributed by atoms with Gasteiger partial charge in [-0.1, -0.05) is 13.0 Å². The number of rotatable bonds is 7. The fourth-order valence-corrected chi connectivity index (χ4v) is 3.50. The van der Waals surface area contributed by atoms with E-state index in [0.29, 0.717) is 37.6 Å². The van der Waals surface area contributed by atoms with Crippen molar-refractivity contribution >= 4 is 15.7 Å². The lowest BCUT2D eigenvalue weighted by atomic mass is 10.2. The van der Waals surface area contributed by atoms with Crippen LogP contribution in [0.4, 0.5) is 5.69 Å². The second-order valence-corrected chi connectivity index (χ2v) is 6.07. The topological polar surface area (TPSA) is 72.6 Å². The summed E-state index contributed by atoms with van der Waals surface area (Å²) >= 11 is 0. The van der Waals surface area contributed by atoms with Gasteiger partial charge < -0.3 is 10.5 Å². The van der Waals surface area contributed by atoms with Crippen LogP contribution in [0.25, 0.3) is 0 Å². The van der Waals surface area contributed by atoms with Gasteiger partial charge in [0.25, 0.3) is 0 Å². The summed E-state index contributed by atoms with van der Waals surface area (Å²) in [5, 5.41) is 0. The molecule has 0 atom stereocenters. The van der Waals surface area contributed by atoms with Gasteiger partial charge in [-0.05, 0) is 31.5 Å². The summed E-state index contributed by atoms with van der Waals surface area (Å²) in [6, 6.07) is 4.95. The van der Waals surface area contributed by atoms with Gasteiger partial charge >= 0.3 is 0 Å². The van der Waals surface area contributed by atoms with Crippen LogP contribution in [-0.2, 0) is 14.8 Å². The third-order valence-electron chi connectivity index (χ3n) is 2.99. The minimum atomic E-state index is -3.51. The van der Waals surface area contributed by atoms with Crippen LogP contribution in [0.3, 0.4) is 0 Å². The lowest BCUT2D eigenvalue weighted by molar-refractivity contribution is 0.135. The highest BCUT2D eigenvalue weighted by atomic mass is 32.2. The van der Waals surface area contributed by atoms with E-state index in [1.54, 1.807) is 25.1 Å². The smallest absolute Gasteiger partial charge is 0.243 e. The zero-order chi connectivity index (χ0) is 14.5. The number of sulfonamides is 1. The number of nitrogens with two attached hydrogens (primary N) is 1. The fourth-order valence-electron chi connectivity index (χ4n) is 1.81. The predicted molar refractivity (Wildman–Crippen MR) is 76.5 cm³/mol. The van der Waals surface area contributed by atoms with E-state index in [2.05, 4.69) is 0 Å². The Hall–Kier alpha value is -1.11. The number of ether oxygens (including phenoxy) is 1. The van der Waals surface area contributed by atoms with Gasteiger partial charge in [0, 0.05) is 25.4 Å². The van der Waals surface area contributed by atoms with Gasteiger partial charge in [-0.2, -0.15) is 4.31 Å². The first-order valence-electron chi connectivity index (χ1n) is 6.38. The highest BCUT2D eigenvalue weighted by Gasteiger charge is 2.24. The van der Waals surface area contributed by atoms with Gasteiger partial charge in [0.05, 0.1) is 11.5 Å². The van der Waals surface area contributed by atoms with E-state index in [1.807, 2.05) is 13.8 Å². The Morgan fingerprint density at radius 2 is 2.00 bits per heavy atom. The molecule has 1 aromatic rings. The Balaban J connectivity index is 3.03. The second kappa shape index (κ2) is 6.88. The van der Waals surface area contributed by atoms with Gasteiger partial charge in [0.15, 0.2) is 0 Å². The van der Waals surface area contributed by atoms with Gasteiger partial charge in [0.1, 0.15) is 0 Å². The molecule has 1 aromatic carbocycles. The second-order valence-electron chi connectivity index (χ2n) is 4.16. The Morgan fingerprint density at radius 1 is 1.32 bits per heavy atom. The van der Waals surface area contributed by atoms with E-state index < -0.39 is 10.0 Å². The molecule has 0 aliphatic carbocycles. The minimum Gasteiger partial charge on any atom is -0.398 e. The van der Waals surface area contributed by atoms with Crippen LogP contribution in [-0.4, -0.2) is 39.0 Å². The van der Waals surface area contributed by atoms with Crippen LogP contribution >= 0.6 is 0 Å². The van der Waals surface area contributed by atoms with Crippen LogP contribution < -0.4 is 5.73 Å². The molecule has 0 aromatic heterocycles. The number of anilines is 1. The van der Waals surface area contributed by atoms with E-state index in [-0.39, 0.29) is 4.90 Å². The average molecular weight is 286 g/mol. The summed E-state index contributed by atoms with van der Waals surface area (Å²) < 4.78 is 31.7. The Kier molecular flexibility index (Phi) is 5.78. The highest BCUT2D eigenvalue weighted by molar-refractivity contribution is 7.89. The monoisotopic (exact) mass is 286 g/mol. The van der Waals surface area contributed by atoms with Crippen molar-refractivity contribution in [2.24, 2.45) is 0 Å². The zero-order valence-electron chi connectivity index (χ0n) is 11.7. The lowest BCUT2D eigenvalue weighted by Crippen LogP contribution is -2.34. The molecule has 0 aliphatic rings. The maximum Gasteiger partial charge on any atom is 0.243 e. The summed E-state index contributed by atoms with van der Waals surface area (Å²) in [4.78, 5) is 0.269. The van der Waals surface area contributed by atoms with Crippen molar-refractivity contribution in [1.29, 1.82) is 0 Å². The zero-order valence-corrected chi connectivity index (χ0v) is 12.5. The molecule has 0 saturated carbocycles. The van der Waals surface area contributed by atoms with Crippen molar-refractivity contribution in [2.75, 3.05) is 32.0 Å². The number of nitrogens with zero attached hydrogens (tertiary/aromatic N) is 1. The summed E-state index contributed by atoms with van der Waals surface area (Å²) in [7, 11) is -3.51. The molecule has 0 saturated heterocycles. The van der Waals surface area contributed by atoms with E-state index in [9.17, 15) is 8.42 Å². The van der Waals surface area contributed by atoms with Crippen molar-refractivity contribution < 1.29 is 13.2 Å². The molecule has 0 fully saturated rings. The molecule has 1 rings (SSSR count). The maximum absolute atomic E-state index is 12.5. The van der Waals surface area contributed by atoms with Crippen LogP contribution in [0.1, 0.15) is 19.4 Å². The molecule has 19 heavy (non-hydrogen) atoms. The summed E-state index contributed by atoms with van der Waals surface area (Å²) in [6.07, 6.45) is 0. The minimum absolute atomic E-state index is 0.269. The Bertz CT molecular complexity index is 515. The number of hydrogen-bond acceptors (Lipinski definition) is 4. The van der Waals surface area contributed by atoms with E-state index >= 15 is 0 Å². The van der Waals surface area contributed by atoms with Crippen molar-refractivity contribution in [3.63, 3.8) is 0 Å². The highest BCUT2D eigenvalue weighted by Crippen LogP contribution is 2.23. The predicted octanol–water partition coefficient (Wildman–Crippen LogP) is 1.62. The number of benzene rings is 1. The van der Waals surface area contributed by atoms with Crippen molar-refractivity contribution in [2.45, 2.75) is 25.7 Å².